The molecule has 0 saturated carbocycles. The summed E-state index contributed by atoms with van der Waals surface area (Å²) in [5, 5.41) is 0. The van der Waals surface area contributed by atoms with Crippen LogP contribution in [0.25, 0.3) is 0 Å². The molecule has 3 nitrogen and oxygen atoms in total. The molecule has 0 aliphatic heterocycles. The van der Waals surface area contributed by atoms with Crippen molar-refractivity contribution in [3.8, 4) is 0 Å². The minimum absolute atomic E-state index is 0.168. The van der Waals surface area contributed by atoms with E-state index in [1.165, 1.54) is 6.07 Å². The average Bonchev–Trinajstić information content (AvgIpc) is 2.40. The number of nitrogens with zero attached hydrogens (tertiary/aromatic N) is 1. The SMILES string of the molecule is CC(C)OCCN(C)C(C)(CN)Cc1ccccc1F. The lowest BCUT2D eigenvalue weighted by Crippen LogP contribution is -2.52. The van der Waals surface area contributed by atoms with E-state index in [9.17, 15) is 4.39 Å². The molecule has 0 radical (unpaired) electrons. The molecule has 114 valence electrons. The monoisotopic (exact) mass is 282 g/mol. The molecule has 2 N–H and O–H groups in total. The largest absolute Gasteiger partial charge is 0.377 e. The zero-order valence-corrected chi connectivity index (χ0v) is 13.0. The maximum Gasteiger partial charge on any atom is 0.126 e. The van der Waals surface area contributed by atoms with Crippen molar-refractivity contribution in [2.45, 2.75) is 38.8 Å². The third kappa shape index (κ3) is 4.85. The number of ether oxygens (including phenoxy) is 1. The second-order valence-electron chi connectivity index (χ2n) is 5.81. The van der Waals surface area contributed by atoms with Gasteiger partial charge in [-0.15, -0.1) is 0 Å². The standard InChI is InChI=1S/C16H27FN2O/c1-13(2)20-10-9-19(4)16(3,12-18)11-14-7-5-6-8-15(14)17/h5-8,13H,9-12,18H2,1-4H3. The lowest BCUT2D eigenvalue weighted by atomic mass is 9.91. The first-order valence-corrected chi connectivity index (χ1v) is 7.15. The van der Waals surface area contributed by atoms with Crippen LogP contribution in [0.1, 0.15) is 26.3 Å². The predicted octanol–water partition coefficient (Wildman–Crippen LogP) is 2.44. The van der Waals surface area contributed by atoms with Crippen LogP contribution in [-0.4, -0.2) is 43.3 Å². The first kappa shape index (κ1) is 17.1. The van der Waals surface area contributed by atoms with Gasteiger partial charge in [0.05, 0.1) is 12.7 Å². The Labute approximate surface area is 121 Å². The van der Waals surface area contributed by atoms with Crippen LogP contribution in [0.3, 0.4) is 0 Å². The molecular weight excluding hydrogens is 255 g/mol. The summed E-state index contributed by atoms with van der Waals surface area (Å²) in [5.74, 6) is -0.168. The van der Waals surface area contributed by atoms with Gasteiger partial charge in [0.15, 0.2) is 0 Å². The average molecular weight is 282 g/mol. The molecule has 1 rings (SSSR count). The number of nitrogens with two attached hydrogens (primary N) is 1. The molecule has 4 heteroatoms. The molecule has 0 heterocycles. The van der Waals surface area contributed by atoms with Crippen LogP contribution in [0.15, 0.2) is 24.3 Å². The van der Waals surface area contributed by atoms with E-state index in [4.69, 9.17) is 10.5 Å². The Morgan fingerprint density at radius 3 is 2.55 bits per heavy atom. The smallest absolute Gasteiger partial charge is 0.126 e. The topological polar surface area (TPSA) is 38.5 Å². The van der Waals surface area contributed by atoms with E-state index in [1.807, 2.05) is 33.0 Å². The van der Waals surface area contributed by atoms with Gasteiger partial charge in [-0.2, -0.15) is 0 Å². The number of hydrogen-bond acceptors (Lipinski definition) is 3. The molecule has 1 aromatic carbocycles. The summed E-state index contributed by atoms with van der Waals surface area (Å²) in [6.07, 6.45) is 0.813. The van der Waals surface area contributed by atoms with Gasteiger partial charge in [0, 0.05) is 18.6 Å². The molecule has 0 aromatic heterocycles. The summed E-state index contributed by atoms with van der Waals surface area (Å²) in [6, 6.07) is 6.88. The summed E-state index contributed by atoms with van der Waals surface area (Å²) in [6.45, 7) is 8.00. The molecule has 0 aliphatic carbocycles. The van der Waals surface area contributed by atoms with Crippen LogP contribution < -0.4 is 5.73 Å². The van der Waals surface area contributed by atoms with Crippen molar-refractivity contribution >= 4 is 0 Å². The van der Waals surface area contributed by atoms with Crippen molar-refractivity contribution < 1.29 is 9.13 Å². The van der Waals surface area contributed by atoms with E-state index in [1.54, 1.807) is 6.07 Å². The van der Waals surface area contributed by atoms with E-state index in [0.29, 0.717) is 25.1 Å². The van der Waals surface area contributed by atoms with Gasteiger partial charge in [0.25, 0.3) is 0 Å². The molecule has 0 aliphatic rings. The lowest BCUT2D eigenvalue weighted by Gasteiger charge is -2.38. The fourth-order valence-electron chi connectivity index (χ4n) is 2.11. The Balaban J connectivity index is 2.68. The van der Waals surface area contributed by atoms with E-state index in [-0.39, 0.29) is 17.5 Å². The normalized spacial score (nSPS) is 14.8. The molecule has 0 bridgehead atoms. The summed E-state index contributed by atoms with van der Waals surface area (Å²) in [4.78, 5) is 2.15. The summed E-state index contributed by atoms with van der Waals surface area (Å²) < 4.78 is 19.4. The second-order valence-corrected chi connectivity index (χ2v) is 5.81. The van der Waals surface area contributed by atoms with Crippen molar-refractivity contribution in [3.63, 3.8) is 0 Å². The number of benzene rings is 1. The Hall–Kier alpha value is -0.970. The highest BCUT2D eigenvalue weighted by Gasteiger charge is 2.28. The minimum atomic E-state index is -0.275. The van der Waals surface area contributed by atoms with Gasteiger partial charge in [-0.1, -0.05) is 18.2 Å². The fraction of sp³-hybridized carbons (Fsp3) is 0.625. The fourth-order valence-corrected chi connectivity index (χ4v) is 2.11. The quantitative estimate of drug-likeness (QED) is 0.796. The van der Waals surface area contributed by atoms with Gasteiger partial charge in [-0.05, 0) is 45.9 Å². The highest BCUT2D eigenvalue weighted by Crippen LogP contribution is 2.20. The zero-order valence-electron chi connectivity index (χ0n) is 13.0. The maximum atomic E-state index is 13.8. The predicted molar refractivity (Wildman–Crippen MR) is 81.3 cm³/mol. The third-order valence-corrected chi connectivity index (χ3v) is 3.77. The van der Waals surface area contributed by atoms with Crippen LogP contribution in [-0.2, 0) is 11.2 Å². The summed E-state index contributed by atoms with van der Waals surface area (Å²) in [5.41, 5.74) is 6.36. The molecule has 1 unspecified atom stereocenters. The van der Waals surface area contributed by atoms with Gasteiger partial charge >= 0.3 is 0 Å². The molecular formula is C16H27FN2O. The van der Waals surface area contributed by atoms with Crippen molar-refractivity contribution in [2.24, 2.45) is 5.73 Å². The second kappa shape index (κ2) is 7.72. The minimum Gasteiger partial charge on any atom is -0.377 e. The Bertz CT molecular complexity index is 411. The van der Waals surface area contributed by atoms with Crippen molar-refractivity contribution in [3.05, 3.63) is 35.6 Å². The zero-order chi connectivity index (χ0) is 15.2. The molecule has 0 saturated heterocycles. The number of rotatable bonds is 8. The van der Waals surface area contributed by atoms with Gasteiger partial charge in [-0.25, -0.2) is 4.39 Å². The van der Waals surface area contributed by atoms with Crippen LogP contribution in [0.2, 0.25) is 0 Å². The van der Waals surface area contributed by atoms with Crippen molar-refractivity contribution in [1.29, 1.82) is 0 Å². The molecule has 0 spiro atoms. The third-order valence-electron chi connectivity index (χ3n) is 3.77. The number of likely N-dealkylation sites (N-methyl/N-ethyl adjacent to an activating group) is 1. The molecule has 1 aromatic rings. The van der Waals surface area contributed by atoms with Crippen molar-refractivity contribution in [1.82, 2.24) is 4.90 Å². The highest BCUT2D eigenvalue weighted by molar-refractivity contribution is 5.20. The van der Waals surface area contributed by atoms with E-state index in [0.717, 1.165) is 6.54 Å². The van der Waals surface area contributed by atoms with Gasteiger partial charge in [-0.3, -0.25) is 4.90 Å². The summed E-state index contributed by atoms with van der Waals surface area (Å²) >= 11 is 0. The van der Waals surface area contributed by atoms with E-state index in [2.05, 4.69) is 11.8 Å². The van der Waals surface area contributed by atoms with Crippen LogP contribution in [0.5, 0.6) is 0 Å². The maximum absolute atomic E-state index is 13.8. The summed E-state index contributed by atoms with van der Waals surface area (Å²) in [7, 11) is 2.01. The molecule has 20 heavy (non-hydrogen) atoms. The Morgan fingerprint density at radius 2 is 2.00 bits per heavy atom. The van der Waals surface area contributed by atoms with E-state index < -0.39 is 0 Å². The first-order chi connectivity index (χ1) is 9.39. The number of halogens is 1. The van der Waals surface area contributed by atoms with E-state index >= 15 is 0 Å². The molecule has 0 fully saturated rings. The number of hydrogen-bond donors (Lipinski definition) is 1. The Kier molecular flexibility index (Phi) is 6.59. The van der Waals surface area contributed by atoms with Gasteiger partial charge in [0.1, 0.15) is 5.82 Å². The molecule has 0 amide bonds. The van der Waals surface area contributed by atoms with Crippen LogP contribution >= 0.6 is 0 Å². The van der Waals surface area contributed by atoms with Crippen LogP contribution in [0, 0.1) is 5.82 Å². The highest BCUT2D eigenvalue weighted by atomic mass is 19.1. The van der Waals surface area contributed by atoms with Crippen molar-refractivity contribution in [2.75, 3.05) is 26.7 Å². The molecule has 1 atom stereocenters. The van der Waals surface area contributed by atoms with Crippen LogP contribution in [0.4, 0.5) is 4.39 Å². The first-order valence-electron chi connectivity index (χ1n) is 7.15. The van der Waals surface area contributed by atoms with Gasteiger partial charge < -0.3 is 10.5 Å². The van der Waals surface area contributed by atoms with Gasteiger partial charge in [0.2, 0.25) is 0 Å². The lowest BCUT2D eigenvalue weighted by molar-refractivity contribution is 0.0392. The Morgan fingerprint density at radius 1 is 1.35 bits per heavy atom.